The topological polar surface area (TPSA) is 109 Å². The highest BCUT2D eigenvalue weighted by Crippen LogP contribution is 2.12. The lowest BCUT2D eigenvalue weighted by atomic mass is 10.1. The van der Waals surface area contributed by atoms with Crippen molar-refractivity contribution in [2.75, 3.05) is 12.3 Å². The van der Waals surface area contributed by atoms with Gasteiger partial charge in [0.2, 0.25) is 0 Å². The third-order valence-corrected chi connectivity index (χ3v) is 5.02. The maximum atomic E-state index is 11.8. The molecule has 2 aromatic rings. The summed E-state index contributed by atoms with van der Waals surface area (Å²) in [6, 6.07) is 9.17. The summed E-state index contributed by atoms with van der Waals surface area (Å²) in [5, 5.41) is 8.51. The predicted molar refractivity (Wildman–Crippen MR) is 85.1 cm³/mol. The van der Waals surface area contributed by atoms with Gasteiger partial charge in [0, 0.05) is 12.6 Å². The SMILES string of the molecule is CCS(=O)(=O)c1ccc(CCNC(=O)c2ccc(=O)[nH]n2)cc1. The molecule has 0 bridgehead atoms. The monoisotopic (exact) mass is 335 g/mol. The fourth-order valence-electron chi connectivity index (χ4n) is 1.91. The molecule has 0 saturated carbocycles. The molecule has 0 radical (unpaired) electrons. The van der Waals surface area contributed by atoms with Gasteiger partial charge in [-0.15, -0.1) is 0 Å². The van der Waals surface area contributed by atoms with Crippen LogP contribution >= 0.6 is 0 Å². The molecule has 8 heteroatoms. The van der Waals surface area contributed by atoms with E-state index in [-0.39, 0.29) is 22.9 Å². The Hall–Kier alpha value is -2.48. The van der Waals surface area contributed by atoms with E-state index in [0.717, 1.165) is 5.56 Å². The van der Waals surface area contributed by atoms with Crippen molar-refractivity contribution in [1.82, 2.24) is 15.5 Å². The fraction of sp³-hybridized carbons (Fsp3) is 0.267. The van der Waals surface area contributed by atoms with Crippen molar-refractivity contribution in [3.8, 4) is 0 Å². The Morgan fingerprint density at radius 3 is 2.43 bits per heavy atom. The molecule has 0 saturated heterocycles. The van der Waals surface area contributed by atoms with Gasteiger partial charge >= 0.3 is 0 Å². The van der Waals surface area contributed by atoms with Gasteiger partial charge < -0.3 is 5.32 Å². The molecule has 0 aliphatic carbocycles. The number of sulfone groups is 1. The van der Waals surface area contributed by atoms with E-state index in [0.29, 0.717) is 17.9 Å². The number of nitrogens with zero attached hydrogens (tertiary/aromatic N) is 1. The van der Waals surface area contributed by atoms with Crippen LogP contribution in [0.25, 0.3) is 0 Å². The van der Waals surface area contributed by atoms with Crippen LogP contribution in [0.1, 0.15) is 23.0 Å². The van der Waals surface area contributed by atoms with Crippen molar-refractivity contribution < 1.29 is 13.2 Å². The third kappa shape index (κ3) is 4.49. The maximum absolute atomic E-state index is 11.8. The number of carbonyl (C=O) groups excluding carboxylic acids is 1. The van der Waals surface area contributed by atoms with E-state index < -0.39 is 9.84 Å². The number of hydrogen-bond donors (Lipinski definition) is 2. The summed E-state index contributed by atoms with van der Waals surface area (Å²) >= 11 is 0. The van der Waals surface area contributed by atoms with E-state index in [9.17, 15) is 18.0 Å². The second-order valence-corrected chi connectivity index (χ2v) is 7.14. The highest BCUT2D eigenvalue weighted by Gasteiger charge is 2.11. The maximum Gasteiger partial charge on any atom is 0.271 e. The third-order valence-electron chi connectivity index (χ3n) is 3.27. The van der Waals surface area contributed by atoms with Crippen LogP contribution < -0.4 is 10.9 Å². The molecule has 0 aliphatic heterocycles. The Labute approximate surface area is 133 Å². The highest BCUT2D eigenvalue weighted by molar-refractivity contribution is 7.91. The standard InChI is InChI=1S/C15H17N3O4S/c1-2-23(21,22)12-5-3-11(4-6-12)9-10-16-15(20)13-7-8-14(19)18-17-13/h3-8H,2,9-10H2,1H3,(H,16,20)(H,18,19). The van der Waals surface area contributed by atoms with Crippen molar-refractivity contribution in [3.63, 3.8) is 0 Å². The first-order valence-corrected chi connectivity index (χ1v) is 8.73. The number of aromatic nitrogens is 2. The second-order valence-electron chi connectivity index (χ2n) is 4.86. The van der Waals surface area contributed by atoms with Gasteiger partial charge in [0.25, 0.3) is 11.5 Å². The molecule has 1 aromatic heterocycles. The van der Waals surface area contributed by atoms with Crippen molar-refractivity contribution >= 4 is 15.7 Å². The van der Waals surface area contributed by atoms with Crippen LogP contribution in [0.2, 0.25) is 0 Å². The summed E-state index contributed by atoms with van der Waals surface area (Å²) < 4.78 is 23.4. The molecule has 1 heterocycles. The molecule has 7 nitrogen and oxygen atoms in total. The number of aromatic amines is 1. The lowest BCUT2D eigenvalue weighted by molar-refractivity contribution is 0.0948. The van der Waals surface area contributed by atoms with Gasteiger partial charge in [-0.2, -0.15) is 5.10 Å². The Bertz CT molecular complexity index is 821. The molecule has 0 fully saturated rings. The molecule has 2 N–H and O–H groups in total. The Morgan fingerprint density at radius 1 is 1.17 bits per heavy atom. The van der Waals surface area contributed by atoms with Crippen LogP contribution in [0.4, 0.5) is 0 Å². The molecule has 0 spiro atoms. The summed E-state index contributed by atoms with van der Waals surface area (Å²) in [5.74, 6) is -0.319. The van der Waals surface area contributed by atoms with Crippen molar-refractivity contribution in [1.29, 1.82) is 0 Å². The molecular formula is C15H17N3O4S. The molecule has 23 heavy (non-hydrogen) atoms. The van der Waals surface area contributed by atoms with Gasteiger partial charge in [-0.25, -0.2) is 13.5 Å². The summed E-state index contributed by atoms with van der Waals surface area (Å²) in [6.45, 7) is 1.98. The minimum atomic E-state index is -3.20. The first-order valence-electron chi connectivity index (χ1n) is 7.08. The lowest BCUT2D eigenvalue weighted by Gasteiger charge is -2.06. The van der Waals surface area contributed by atoms with Crippen LogP contribution in [0.5, 0.6) is 0 Å². The first kappa shape index (κ1) is 16.9. The van der Waals surface area contributed by atoms with Gasteiger partial charge in [-0.1, -0.05) is 19.1 Å². The van der Waals surface area contributed by atoms with E-state index in [4.69, 9.17) is 0 Å². The van der Waals surface area contributed by atoms with E-state index in [1.807, 2.05) is 0 Å². The van der Waals surface area contributed by atoms with Crippen LogP contribution in [0, 0.1) is 0 Å². The number of H-pyrrole nitrogens is 1. The average molecular weight is 335 g/mol. The minimum absolute atomic E-state index is 0.0641. The number of carbonyl (C=O) groups is 1. The number of benzene rings is 1. The molecule has 0 unspecified atom stereocenters. The van der Waals surface area contributed by atoms with Crippen LogP contribution in [-0.4, -0.2) is 36.8 Å². The van der Waals surface area contributed by atoms with E-state index in [1.54, 1.807) is 31.2 Å². The molecular weight excluding hydrogens is 318 g/mol. The Morgan fingerprint density at radius 2 is 1.87 bits per heavy atom. The fourth-order valence-corrected chi connectivity index (χ4v) is 2.80. The summed E-state index contributed by atoms with van der Waals surface area (Å²) in [5.41, 5.74) is 0.674. The van der Waals surface area contributed by atoms with Crippen molar-refractivity contribution in [2.24, 2.45) is 0 Å². The van der Waals surface area contributed by atoms with Gasteiger partial charge in [-0.05, 0) is 30.2 Å². The van der Waals surface area contributed by atoms with Crippen molar-refractivity contribution in [2.45, 2.75) is 18.2 Å². The summed E-state index contributed by atoms with van der Waals surface area (Å²) in [4.78, 5) is 23.0. The summed E-state index contributed by atoms with van der Waals surface area (Å²) in [6.07, 6.45) is 0.557. The zero-order valence-corrected chi connectivity index (χ0v) is 13.4. The molecule has 2 rings (SSSR count). The molecule has 1 amide bonds. The molecule has 0 atom stereocenters. The van der Waals surface area contributed by atoms with Crippen LogP contribution in [-0.2, 0) is 16.3 Å². The molecule has 122 valence electrons. The molecule has 0 aliphatic rings. The smallest absolute Gasteiger partial charge is 0.271 e. The first-order chi connectivity index (χ1) is 10.9. The highest BCUT2D eigenvalue weighted by atomic mass is 32.2. The predicted octanol–water partition coefficient (Wildman–Crippen LogP) is 0.536. The second kappa shape index (κ2) is 7.19. The number of amides is 1. The minimum Gasteiger partial charge on any atom is -0.350 e. The van der Waals surface area contributed by atoms with Gasteiger partial charge in [0.15, 0.2) is 9.84 Å². The van der Waals surface area contributed by atoms with Crippen LogP contribution in [0.3, 0.4) is 0 Å². The quantitative estimate of drug-likeness (QED) is 0.800. The van der Waals surface area contributed by atoms with Gasteiger partial charge in [0.1, 0.15) is 5.69 Å². The Kier molecular flexibility index (Phi) is 5.28. The van der Waals surface area contributed by atoms with Gasteiger partial charge in [-0.3, -0.25) is 9.59 Å². The number of rotatable bonds is 6. The Balaban J connectivity index is 1.90. The van der Waals surface area contributed by atoms with E-state index in [2.05, 4.69) is 15.5 Å². The summed E-state index contributed by atoms with van der Waals surface area (Å²) in [7, 11) is -3.20. The van der Waals surface area contributed by atoms with E-state index >= 15 is 0 Å². The zero-order valence-electron chi connectivity index (χ0n) is 12.6. The lowest BCUT2D eigenvalue weighted by Crippen LogP contribution is -2.27. The van der Waals surface area contributed by atoms with Crippen molar-refractivity contribution in [3.05, 3.63) is 58.0 Å². The zero-order chi connectivity index (χ0) is 16.9. The van der Waals surface area contributed by atoms with Gasteiger partial charge in [0.05, 0.1) is 10.6 Å². The largest absolute Gasteiger partial charge is 0.350 e. The molecule has 1 aromatic carbocycles. The normalized spacial score (nSPS) is 11.2. The number of nitrogens with one attached hydrogen (secondary N) is 2. The average Bonchev–Trinajstić information content (AvgIpc) is 2.56. The van der Waals surface area contributed by atoms with Crippen LogP contribution in [0.15, 0.2) is 46.1 Å². The number of hydrogen-bond acceptors (Lipinski definition) is 5. The van der Waals surface area contributed by atoms with E-state index in [1.165, 1.54) is 12.1 Å².